The summed E-state index contributed by atoms with van der Waals surface area (Å²) in [6.45, 7) is -0.866. The van der Waals surface area contributed by atoms with E-state index in [9.17, 15) is 0 Å². The molecule has 0 aliphatic carbocycles. The number of guanidine groups is 1. The van der Waals surface area contributed by atoms with E-state index in [2.05, 4.69) is 9.98 Å². The van der Waals surface area contributed by atoms with Crippen LogP contribution in [0.1, 0.15) is 19.3 Å². The van der Waals surface area contributed by atoms with Gasteiger partial charge in [0.25, 0.3) is 0 Å². The first-order valence-corrected chi connectivity index (χ1v) is 4.28. The van der Waals surface area contributed by atoms with Crippen LogP contribution >= 0.6 is 0 Å². The van der Waals surface area contributed by atoms with E-state index in [1.165, 1.54) is 25.1 Å². The van der Waals surface area contributed by atoms with Gasteiger partial charge in [0.1, 0.15) is 0 Å². The standard InChI is InChI=1S/C11H16N4/c1-9(12)15-11(13)14-8-7-10-5-3-2-4-6-10/h2-6H,7-8H2,1H3,(H4,12,13,14,15)/i3D,4D,7D,8D2. The fourth-order valence-corrected chi connectivity index (χ4v) is 0.828. The van der Waals surface area contributed by atoms with Crippen molar-refractivity contribution in [3.63, 3.8) is 0 Å². The van der Waals surface area contributed by atoms with Crippen molar-refractivity contribution in [3.8, 4) is 0 Å². The smallest absolute Gasteiger partial charge is 0.216 e. The third-order valence-electron chi connectivity index (χ3n) is 1.37. The molecule has 0 bridgehead atoms. The van der Waals surface area contributed by atoms with Gasteiger partial charge in [-0.2, -0.15) is 0 Å². The van der Waals surface area contributed by atoms with Crippen LogP contribution in [0.5, 0.6) is 0 Å². The van der Waals surface area contributed by atoms with E-state index in [4.69, 9.17) is 18.3 Å². The maximum absolute atomic E-state index is 7.90. The van der Waals surface area contributed by atoms with Crippen LogP contribution in [0.2, 0.25) is 0 Å². The summed E-state index contributed by atoms with van der Waals surface area (Å²) in [5.41, 5.74) is 10.9. The van der Waals surface area contributed by atoms with Gasteiger partial charge in [0.2, 0.25) is 5.96 Å². The molecule has 1 unspecified atom stereocenters. The predicted molar refractivity (Wildman–Crippen MR) is 63.9 cm³/mol. The van der Waals surface area contributed by atoms with Gasteiger partial charge in [0.15, 0.2) is 0 Å². The molecule has 4 N–H and O–H groups in total. The molecule has 0 saturated carbocycles. The molecule has 0 aliphatic rings. The summed E-state index contributed by atoms with van der Waals surface area (Å²) in [5, 5.41) is 0. The average molecular weight is 209 g/mol. The zero-order valence-corrected chi connectivity index (χ0v) is 8.36. The molecule has 0 radical (unpaired) electrons. The molecule has 1 rings (SSSR count). The molecule has 0 fully saturated rings. The number of hydrogen-bond acceptors (Lipinski definition) is 1. The van der Waals surface area contributed by atoms with Gasteiger partial charge in [0, 0.05) is 7.87 Å². The summed E-state index contributed by atoms with van der Waals surface area (Å²) in [6.07, 6.45) is -1.43. The number of nitrogens with two attached hydrogens (primary N) is 2. The molecule has 0 heterocycles. The Hall–Kier alpha value is -1.84. The molecule has 80 valence electrons. The highest BCUT2D eigenvalue weighted by Gasteiger charge is 1.91. The van der Waals surface area contributed by atoms with Gasteiger partial charge in [-0.15, -0.1) is 0 Å². The fraction of sp³-hybridized carbons (Fsp3) is 0.273. The Labute approximate surface area is 96.8 Å². The van der Waals surface area contributed by atoms with Crippen LogP contribution in [-0.2, 0) is 6.40 Å². The van der Waals surface area contributed by atoms with Crippen LogP contribution in [-0.4, -0.2) is 18.3 Å². The second-order valence-corrected chi connectivity index (χ2v) is 2.76. The summed E-state index contributed by atoms with van der Waals surface area (Å²) >= 11 is 0. The van der Waals surface area contributed by atoms with Crippen LogP contribution in [0.15, 0.2) is 40.3 Å². The Bertz CT molecular complexity index is 531. The average Bonchev–Trinajstić information content (AvgIpc) is 2.24. The lowest BCUT2D eigenvalue weighted by Gasteiger charge is -1.97. The van der Waals surface area contributed by atoms with E-state index < -0.39 is 12.9 Å². The summed E-state index contributed by atoms with van der Waals surface area (Å²) in [6, 6.07) is 4.00. The zero-order valence-electron chi connectivity index (χ0n) is 13.4. The van der Waals surface area contributed by atoms with Crippen molar-refractivity contribution in [1.29, 1.82) is 0 Å². The monoisotopic (exact) mass is 209 g/mol. The third-order valence-corrected chi connectivity index (χ3v) is 1.37. The minimum Gasteiger partial charge on any atom is -0.387 e. The Morgan fingerprint density at radius 2 is 2.13 bits per heavy atom. The van der Waals surface area contributed by atoms with Crippen molar-refractivity contribution in [2.24, 2.45) is 21.5 Å². The number of aryl methyl sites for hydroxylation is 1. The van der Waals surface area contributed by atoms with E-state index in [0.717, 1.165) is 0 Å². The largest absolute Gasteiger partial charge is 0.387 e. The molecule has 0 aliphatic heterocycles. The summed E-state index contributed by atoms with van der Waals surface area (Å²) in [5.74, 6) is -0.231. The first kappa shape index (κ1) is 5.90. The van der Waals surface area contributed by atoms with Crippen LogP contribution in [0.3, 0.4) is 0 Å². The van der Waals surface area contributed by atoms with Gasteiger partial charge in [-0.1, -0.05) is 30.3 Å². The van der Waals surface area contributed by atoms with Gasteiger partial charge < -0.3 is 11.5 Å². The SMILES string of the molecule is [2H]c1cc([2H])cc(C([2H])C([2H])([2H])N=C(N)N=C(C)N)c1. The maximum atomic E-state index is 7.90. The van der Waals surface area contributed by atoms with Gasteiger partial charge in [-0.3, -0.25) is 4.99 Å². The van der Waals surface area contributed by atoms with E-state index in [0.29, 0.717) is 0 Å². The molecule has 1 aromatic carbocycles. The highest BCUT2D eigenvalue weighted by Crippen LogP contribution is 1.99. The predicted octanol–water partition coefficient (Wildman–Crippen LogP) is 0.921. The van der Waals surface area contributed by atoms with Crippen molar-refractivity contribution in [1.82, 2.24) is 0 Å². The fourth-order valence-electron chi connectivity index (χ4n) is 0.828. The van der Waals surface area contributed by atoms with Crippen molar-refractivity contribution in [3.05, 3.63) is 35.8 Å². The Kier molecular flexibility index (Phi) is 2.28. The molecular weight excluding hydrogens is 188 g/mol. The van der Waals surface area contributed by atoms with Crippen molar-refractivity contribution in [2.75, 3.05) is 6.50 Å². The highest BCUT2D eigenvalue weighted by atomic mass is 15.1. The molecule has 4 heteroatoms. The lowest BCUT2D eigenvalue weighted by atomic mass is 10.2. The first-order chi connectivity index (χ1) is 9.11. The topological polar surface area (TPSA) is 76.8 Å². The van der Waals surface area contributed by atoms with Gasteiger partial charge in [-0.25, -0.2) is 4.99 Å². The molecule has 4 nitrogen and oxygen atoms in total. The second-order valence-electron chi connectivity index (χ2n) is 2.76. The van der Waals surface area contributed by atoms with E-state index in [1.807, 2.05) is 0 Å². The molecule has 15 heavy (non-hydrogen) atoms. The zero-order chi connectivity index (χ0) is 15.5. The van der Waals surface area contributed by atoms with Gasteiger partial charge >= 0.3 is 0 Å². The van der Waals surface area contributed by atoms with Crippen LogP contribution in [0.25, 0.3) is 0 Å². The Morgan fingerprint density at radius 1 is 1.47 bits per heavy atom. The Balaban J connectivity index is 3.11. The van der Waals surface area contributed by atoms with Crippen molar-refractivity contribution < 1.29 is 6.85 Å². The van der Waals surface area contributed by atoms with Crippen LogP contribution in [0.4, 0.5) is 0 Å². The molecule has 1 aromatic rings. The number of amidine groups is 1. The highest BCUT2D eigenvalue weighted by molar-refractivity contribution is 5.93. The molecular formula is C11H16N4. The van der Waals surface area contributed by atoms with Crippen molar-refractivity contribution >= 4 is 11.8 Å². The Morgan fingerprint density at radius 3 is 2.73 bits per heavy atom. The van der Waals surface area contributed by atoms with Crippen LogP contribution < -0.4 is 11.5 Å². The quantitative estimate of drug-likeness (QED) is 0.573. The number of rotatable bonds is 3. The molecule has 0 spiro atoms. The van der Waals surface area contributed by atoms with E-state index in [-0.39, 0.29) is 29.4 Å². The lowest BCUT2D eigenvalue weighted by molar-refractivity contribution is 0.962. The maximum Gasteiger partial charge on any atom is 0.216 e. The number of hydrogen-bond donors (Lipinski definition) is 2. The minimum absolute atomic E-state index is 0.0355. The van der Waals surface area contributed by atoms with E-state index >= 15 is 0 Å². The summed E-state index contributed by atoms with van der Waals surface area (Å²) in [7, 11) is 0. The van der Waals surface area contributed by atoms with Crippen molar-refractivity contribution in [2.45, 2.75) is 13.3 Å². The number of benzene rings is 1. The summed E-state index contributed by atoms with van der Waals surface area (Å²) in [4.78, 5) is 7.13. The van der Waals surface area contributed by atoms with Gasteiger partial charge in [-0.05, 0) is 18.9 Å². The third kappa shape index (κ3) is 4.81. The normalized spacial score (nSPS) is 20.7. The number of nitrogens with zero attached hydrogens (tertiary/aromatic N) is 2. The van der Waals surface area contributed by atoms with E-state index in [1.54, 1.807) is 0 Å². The molecule has 0 saturated heterocycles. The van der Waals surface area contributed by atoms with Gasteiger partial charge in [0.05, 0.1) is 11.3 Å². The van der Waals surface area contributed by atoms with Crippen LogP contribution in [0, 0.1) is 0 Å². The molecule has 0 aromatic heterocycles. The summed E-state index contributed by atoms with van der Waals surface area (Å²) < 4.78 is 38.4. The first-order valence-electron chi connectivity index (χ1n) is 6.86. The minimum atomic E-state index is -2.34. The number of aliphatic imine (C=N–C) groups is 2. The molecule has 0 amide bonds. The lowest BCUT2D eigenvalue weighted by Crippen LogP contribution is -2.16. The molecule has 1 atom stereocenters. The second kappa shape index (κ2) is 5.80.